The van der Waals surface area contributed by atoms with Crippen molar-refractivity contribution in [1.29, 1.82) is 0 Å². The van der Waals surface area contributed by atoms with Crippen molar-refractivity contribution < 1.29 is 13.9 Å². The predicted octanol–water partition coefficient (Wildman–Crippen LogP) is 4.48. The number of hydrogen-bond donors (Lipinski definition) is 4. The van der Waals surface area contributed by atoms with Gasteiger partial charge in [-0.05, 0) is 47.9 Å². The first-order valence-corrected chi connectivity index (χ1v) is 13.2. The second-order valence-electron chi connectivity index (χ2n) is 9.88. The van der Waals surface area contributed by atoms with E-state index < -0.39 is 11.7 Å². The zero-order valence-electron chi connectivity index (χ0n) is 22.4. The Labute approximate surface area is 235 Å². The third kappa shape index (κ3) is 5.01. The molecule has 10 heteroatoms. The molecule has 0 bridgehead atoms. The first-order valence-electron chi connectivity index (χ1n) is 13.2. The third-order valence-electron chi connectivity index (χ3n) is 7.32. The second-order valence-corrected chi connectivity index (χ2v) is 9.88. The summed E-state index contributed by atoms with van der Waals surface area (Å²) in [5.74, 6) is -0.698. The van der Waals surface area contributed by atoms with Crippen molar-refractivity contribution in [1.82, 2.24) is 25.5 Å². The molecule has 9 nitrogen and oxygen atoms in total. The summed E-state index contributed by atoms with van der Waals surface area (Å²) in [4.78, 5) is 21.3. The maximum Gasteiger partial charge on any atom is 0.252 e. The van der Waals surface area contributed by atoms with Crippen molar-refractivity contribution in [2.45, 2.75) is 12.8 Å². The first-order chi connectivity index (χ1) is 19.9. The van der Waals surface area contributed by atoms with E-state index >= 15 is 0 Å². The van der Waals surface area contributed by atoms with E-state index in [9.17, 15) is 9.18 Å². The average molecular weight is 550 g/mol. The number of pyridine rings is 2. The van der Waals surface area contributed by atoms with Crippen LogP contribution in [0.15, 0.2) is 67.0 Å². The van der Waals surface area contributed by atoms with Gasteiger partial charge in [-0.2, -0.15) is 5.10 Å². The highest BCUT2D eigenvalue weighted by molar-refractivity contribution is 6.05. The lowest BCUT2D eigenvalue weighted by atomic mass is 9.98. The number of nitrogens with zero attached hydrogens (tertiary/aromatic N) is 3. The van der Waals surface area contributed by atoms with Gasteiger partial charge in [-0.1, -0.05) is 36.4 Å². The summed E-state index contributed by atoms with van der Waals surface area (Å²) in [6.07, 6.45) is 7.18. The Kier molecular flexibility index (Phi) is 6.90. The van der Waals surface area contributed by atoms with Gasteiger partial charge >= 0.3 is 0 Å². The van der Waals surface area contributed by atoms with Crippen molar-refractivity contribution in [3.8, 4) is 28.3 Å². The van der Waals surface area contributed by atoms with Gasteiger partial charge in [0.1, 0.15) is 11.6 Å². The predicted molar refractivity (Wildman–Crippen MR) is 157 cm³/mol. The van der Waals surface area contributed by atoms with Gasteiger partial charge in [0.25, 0.3) is 5.91 Å². The number of carbonyl (C=O) groups is 1. The minimum atomic E-state index is -0.750. The molecule has 5 aromatic rings. The van der Waals surface area contributed by atoms with E-state index in [1.165, 1.54) is 18.7 Å². The Balaban J connectivity index is 1.31. The number of primary amides is 1. The van der Waals surface area contributed by atoms with Crippen LogP contribution in [-0.4, -0.2) is 46.3 Å². The molecule has 0 spiro atoms. The molecule has 206 valence electrons. The molecule has 41 heavy (non-hydrogen) atoms. The normalized spacial score (nSPS) is 13.3. The lowest BCUT2D eigenvalue weighted by Crippen LogP contribution is -2.20. The number of nitrogens with one attached hydrogen (secondary N) is 2. The summed E-state index contributed by atoms with van der Waals surface area (Å²) in [7, 11) is 1.43. The molecule has 0 aliphatic carbocycles. The fraction of sp³-hybridized carbons (Fsp3) is 0.161. The maximum atomic E-state index is 14.2. The molecular weight excluding hydrogens is 521 g/mol. The van der Waals surface area contributed by atoms with Crippen LogP contribution in [0.5, 0.6) is 5.75 Å². The van der Waals surface area contributed by atoms with Gasteiger partial charge < -0.3 is 21.5 Å². The van der Waals surface area contributed by atoms with Crippen molar-refractivity contribution in [2.24, 2.45) is 5.73 Å². The smallest absolute Gasteiger partial charge is 0.252 e. The van der Waals surface area contributed by atoms with Gasteiger partial charge in [-0.15, -0.1) is 0 Å². The lowest BCUT2D eigenvalue weighted by molar-refractivity contribution is 0.0996. The number of fused-ring (bicyclic) bond motifs is 1. The Morgan fingerprint density at radius 3 is 2.56 bits per heavy atom. The number of hydrogen-bond acceptors (Lipinski definition) is 7. The van der Waals surface area contributed by atoms with Crippen LogP contribution < -0.4 is 21.5 Å². The number of nitrogen functional groups attached to an aromatic ring is 1. The van der Waals surface area contributed by atoms with Crippen molar-refractivity contribution in [3.05, 3.63) is 95.1 Å². The van der Waals surface area contributed by atoms with E-state index in [0.717, 1.165) is 59.0 Å². The molecule has 6 rings (SSSR count). The second kappa shape index (κ2) is 10.8. The molecule has 0 unspecified atom stereocenters. The minimum absolute atomic E-state index is 0.00809. The van der Waals surface area contributed by atoms with Crippen LogP contribution >= 0.6 is 0 Å². The summed E-state index contributed by atoms with van der Waals surface area (Å²) in [5.41, 5.74) is 19.4. The number of aromatic amines is 1. The zero-order chi connectivity index (χ0) is 28.5. The number of anilines is 1. The van der Waals surface area contributed by atoms with Crippen LogP contribution in [-0.2, 0) is 6.42 Å². The monoisotopic (exact) mass is 549 g/mol. The number of carbonyl (C=O) groups excluding carboxylic acids is 1. The van der Waals surface area contributed by atoms with Crippen molar-refractivity contribution >= 4 is 28.2 Å². The fourth-order valence-corrected chi connectivity index (χ4v) is 5.30. The number of ether oxygens (including phenoxy) is 1. The van der Waals surface area contributed by atoms with Gasteiger partial charge in [-0.25, -0.2) is 4.39 Å². The van der Waals surface area contributed by atoms with Gasteiger partial charge in [0.15, 0.2) is 5.82 Å². The Hall–Kier alpha value is -5.09. The van der Waals surface area contributed by atoms with Crippen molar-refractivity contribution in [3.63, 3.8) is 0 Å². The summed E-state index contributed by atoms with van der Waals surface area (Å²) < 4.78 is 19.6. The van der Waals surface area contributed by atoms with Crippen LogP contribution in [0.1, 0.15) is 33.5 Å². The average Bonchev–Trinajstić information content (AvgIpc) is 3.39. The SMILES string of the molecule is COc1c(Cc2ccc(-c3ncc(-c4ccc(C5=CCNCC5)cn4)c4[nH]nc(N)c34)cc2)cc(F)cc1C(N)=O. The number of nitrogens with two attached hydrogens (primary N) is 2. The molecule has 6 N–H and O–H groups in total. The molecule has 0 saturated carbocycles. The van der Waals surface area contributed by atoms with E-state index in [0.29, 0.717) is 28.9 Å². The maximum absolute atomic E-state index is 14.2. The number of benzene rings is 2. The minimum Gasteiger partial charge on any atom is -0.496 e. The molecule has 1 aliphatic rings. The lowest BCUT2D eigenvalue weighted by Gasteiger charge is -2.14. The van der Waals surface area contributed by atoms with Crippen LogP contribution in [0.4, 0.5) is 10.2 Å². The highest BCUT2D eigenvalue weighted by atomic mass is 19.1. The number of amides is 1. The highest BCUT2D eigenvalue weighted by Gasteiger charge is 2.19. The van der Waals surface area contributed by atoms with Gasteiger partial charge in [-0.3, -0.25) is 19.9 Å². The number of methoxy groups -OCH3 is 1. The number of H-pyrrole nitrogens is 1. The summed E-state index contributed by atoms with van der Waals surface area (Å²) in [5, 5.41) is 11.4. The van der Waals surface area contributed by atoms with E-state index in [-0.39, 0.29) is 11.3 Å². The van der Waals surface area contributed by atoms with Gasteiger partial charge in [0, 0.05) is 42.0 Å². The van der Waals surface area contributed by atoms with E-state index in [1.54, 1.807) is 6.20 Å². The highest BCUT2D eigenvalue weighted by Crippen LogP contribution is 2.36. The Morgan fingerprint density at radius 2 is 1.88 bits per heavy atom. The summed E-state index contributed by atoms with van der Waals surface area (Å²) >= 11 is 0. The first kappa shape index (κ1) is 26.1. The van der Waals surface area contributed by atoms with Gasteiger partial charge in [0.2, 0.25) is 0 Å². The molecular formula is C31H28FN7O2. The third-order valence-corrected chi connectivity index (χ3v) is 7.32. The van der Waals surface area contributed by atoms with Crippen LogP contribution in [0, 0.1) is 5.82 Å². The Morgan fingerprint density at radius 1 is 1.07 bits per heavy atom. The topological polar surface area (TPSA) is 145 Å². The molecule has 0 atom stereocenters. The standard InChI is InChI=1S/C31H28FN7O2/c1-41-29-21(13-22(32)14-23(29)31(34)40)12-17-2-4-19(5-3-17)27-26-28(38-39-30(26)33)24(16-37-27)25-7-6-20(15-36-25)18-8-10-35-11-9-18/h2-8,13-16,35H,9-12H2,1H3,(H2,34,40)(H3,33,38,39). The van der Waals surface area contributed by atoms with Crippen molar-refractivity contribution in [2.75, 3.05) is 25.9 Å². The van der Waals surface area contributed by atoms with Crippen LogP contribution in [0.25, 0.3) is 39.0 Å². The molecule has 0 fully saturated rings. The zero-order valence-corrected chi connectivity index (χ0v) is 22.4. The number of aromatic nitrogens is 4. The summed E-state index contributed by atoms with van der Waals surface area (Å²) in [6, 6.07) is 14.2. The Bertz CT molecular complexity index is 1790. The van der Waals surface area contributed by atoms with E-state index in [1.807, 2.05) is 36.5 Å². The molecule has 2 aromatic carbocycles. The van der Waals surface area contributed by atoms with E-state index in [4.69, 9.17) is 26.2 Å². The fourth-order valence-electron chi connectivity index (χ4n) is 5.30. The molecule has 0 saturated heterocycles. The molecule has 4 heterocycles. The molecule has 3 aromatic heterocycles. The van der Waals surface area contributed by atoms with Crippen LogP contribution in [0.2, 0.25) is 0 Å². The van der Waals surface area contributed by atoms with Crippen LogP contribution in [0.3, 0.4) is 0 Å². The molecule has 1 aliphatic heterocycles. The number of halogens is 1. The largest absolute Gasteiger partial charge is 0.496 e. The van der Waals surface area contributed by atoms with Gasteiger partial charge in [0.05, 0.1) is 35.0 Å². The molecule has 0 radical (unpaired) electrons. The number of rotatable bonds is 7. The van der Waals surface area contributed by atoms with E-state index in [2.05, 4.69) is 27.7 Å². The molecule has 1 amide bonds. The quantitative estimate of drug-likeness (QED) is 0.234. The summed E-state index contributed by atoms with van der Waals surface area (Å²) in [6.45, 7) is 1.83.